The maximum absolute atomic E-state index is 11.4. The van der Waals surface area contributed by atoms with Crippen LogP contribution in [0, 0.1) is 6.92 Å². The predicted octanol–water partition coefficient (Wildman–Crippen LogP) is 1.33. The average Bonchev–Trinajstić information content (AvgIpc) is 2.31. The van der Waals surface area contributed by atoms with Gasteiger partial charge in [0.05, 0.1) is 17.6 Å². The van der Waals surface area contributed by atoms with Crippen LogP contribution >= 0.6 is 15.9 Å². The second kappa shape index (κ2) is 7.24. The Bertz CT molecular complexity index is 385. The molecule has 0 fully saturated rings. The van der Waals surface area contributed by atoms with Crippen LogP contribution in [0.1, 0.15) is 5.56 Å². The van der Waals surface area contributed by atoms with Crippen LogP contribution in [-0.4, -0.2) is 37.7 Å². The van der Waals surface area contributed by atoms with E-state index >= 15 is 0 Å². The number of pyridine rings is 1. The summed E-state index contributed by atoms with van der Waals surface area (Å²) in [6.07, 6.45) is 1.70. The second-order valence-corrected chi connectivity index (χ2v) is 4.28. The number of rotatable bonds is 6. The SMILES string of the molecule is COCCNC(=O)CNc1nccc(C)c1Br. The normalized spacial score (nSPS) is 10.1. The number of aromatic nitrogens is 1. The number of amides is 1. The fourth-order valence-electron chi connectivity index (χ4n) is 1.18. The Morgan fingerprint density at radius 1 is 1.59 bits per heavy atom. The molecule has 5 nitrogen and oxygen atoms in total. The molecule has 1 aromatic heterocycles. The molecule has 0 aliphatic rings. The molecule has 1 amide bonds. The van der Waals surface area contributed by atoms with Gasteiger partial charge in [-0.25, -0.2) is 4.98 Å². The molecule has 0 unspecified atom stereocenters. The molecule has 0 saturated carbocycles. The zero-order chi connectivity index (χ0) is 12.7. The lowest BCUT2D eigenvalue weighted by Crippen LogP contribution is -2.32. The van der Waals surface area contributed by atoms with Crippen LogP contribution in [0.2, 0.25) is 0 Å². The smallest absolute Gasteiger partial charge is 0.239 e. The largest absolute Gasteiger partial charge is 0.383 e. The predicted molar refractivity (Wildman–Crippen MR) is 70.0 cm³/mol. The van der Waals surface area contributed by atoms with Crippen molar-refractivity contribution >= 4 is 27.7 Å². The highest BCUT2D eigenvalue weighted by Crippen LogP contribution is 2.22. The summed E-state index contributed by atoms with van der Waals surface area (Å²) in [7, 11) is 1.60. The quantitative estimate of drug-likeness (QED) is 0.778. The number of carbonyl (C=O) groups is 1. The van der Waals surface area contributed by atoms with Crippen molar-refractivity contribution in [2.45, 2.75) is 6.92 Å². The first kappa shape index (κ1) is 13.9. The standard InChI is InChI=1S/C11H16BrN3O2/c1-8-3-4-14-11(10(8)12)15-7-9(16)13-5-6-17-2/h3-4H,5-7H2,1-2H3,(H,13,16)(H,14,15). The van der Waals surface area contributed by atoms with E-state index in [0.717, 1.165) is 10.0 Å². The van der Waals surface area contributed by atoms with Gasteiger partial charge in [0.25, 0.3) is 0 Å². The first-order valence-electron chi connectivity index (χ1n) is 5.25. The van der Waals surface area contributed by atoms with E-state index < -0.39 is 0 Å². The van der Waals surface area contributed by atoms with Gasteiger partial charge >= 0.3 is 0 Å². The molecule has 0 aromatic carbocycles. The van der Waals surface area contributed by atoms with Crippen LogP contribution in [0.4, 0.5) is 5.82 Å². The number of nitrogens with zero attached hydrogens (tertiary/aromatic N) is 1. The topological polar surface area (TPSA) is 63.2 Å². The number of ether oxygens (including phenoxy) is 1. The number of aryl methyl sites for hydroxylation is 1. The maximum Gasteiger partial charge on any atom is 0.239 e. The van der Waals surface area contributed by atoms with Gasteiger partial charge in [-0.1, -0.05) is 0 Å². The van der Waals surface area contributed by atoms with E-state index in [1.807, 2.05) is 13.0 Å². The van der Waals surface area contributed by atoms with Gasteiger partial charge in [-0.15, -0.1) is 0 Å². The Kier molecular flexibility index (Phi) is 5.93. The summed E-state index contributed by atoms with van der Waals surface area (Å²) < 4.78 is 5.71. The van der Waals surface area contributed by atoms with Crippen molar-refractivity contribution in [2.24, 2.45) is 0 Å². The lowest BCUT2D eigenvalue weighted by Gasteiger charge is -2.09. The number of anilines is 1. The molecule has 0 aliphatic carbocycles. The molecule has 0 saturated heterocycles. The zero-order valence-corrected chi connectivity index (χ0v) is 11.5. The Balaban J connectivity index is 2.39. The van der Waals surface area contributed by atoms with Gasteiger partial charge in [0.2, 0.25) is 5.91 Å². The third-order valence-corrected chi connectivity index (χ3v) is 3.13. The summed E-state index contributed by atoms with van der Waals surface area (Å²) in [5.41, 5.74) is 1.07. The number of halogens is 1. The summed E-state index contributed by atoms with van der Waals surface area (Å²) in [5.74, 6) is 0.587. The molecule has 0 atom stereocenters. The third kappa shape index (κ3) is 4.70. The van der Waals surface area contributed by atoms with Gasteiger partial charge in [0.15, 0.2) is 0 Å². The zero-order valence-electron chi connectivity index (χ0n) is 9.92. The van der Waals surface area contributed by atoms with Crippen LogP contribution in [0.25, 0.3) is 0 Å². The van der Waals surface area contributed by atoms with E-state index in [0.29, 0.717) is 19.0 Å². The number of methoxy groups -OCH3 is 1. The minimum absolute atomic E-state index is 0.0859. The molecule has 1 heterocycles. The Morgan fingerprint density at radius 3 is 3.06 bits per heavy atom. The van der Waals surface area contributed by atoms with Crippen molar-refractivity contribution < 1.29 is 9.53 Å². The van der Waals surface area contributed by atoms with Crippen molar-refractivity contribution in [2.75, 3.05) is 32.1 Å². The molecule has 6 heteroatoms. The Labute approximate surface area is 109 Å². The number of carbonyl (C=O) groups excluding carboxylic acids is 1. The number of hydrogen-bond donors (Lipinski definition) is 2. The van der Waals surface area contributed by atoms with Crippen LogP contribution in [-0.2, 0) is 9.53 Å². The van der Waals surface area contributed by atoms with Crippen LogP contribution in [0.3, 0.4) is 0 Å². The molecule has 0 radical (unpaired) electrons. The van der Waals surface area contributed by atoms with Gasteiger partial charge < -0.3 is 15.4 Å². The van der Waals surface area contributed by atoms with Gasteiger partial charge in [-0.3, -0.25) is 4.79 Å². The Hall–Kier alpha value is -1.14. The van der Waals surface area contributed by atoms with Crippen molar-refractivity contribution in [1.29, 1.82) is 0 Å². The molecule has 0 spiro atoms. The van der Waals surface area contributed by atoms with Gasteiger partial charge in [0, 0.05) is 19.9 Å². The highest BCUT2D eigenvalue weighted by Gasteiger charge is 2.05. The molecule has 94 valence electrons. The summed E-state index contributed by atoms with van der Waals surface area (Å²) >= 11 is 3.42. The number of nitrogens with one attached hydrogen (secondary N) is 2. The van der Waals surface area contributed by atoms with E-state index in [1.54, 1.807) is 13.3 Å². The fourth-order valence-corrected chi connectivity index (χ4v) is 1.56. The monoisotopic (exact) mass is 301 g/mol. The molecular formula is C11H16BrN3O2. The van der Waals surface area contributed by atoms with E-state index in [-0.39, 0.29) is 12.5 Å². The summed E-state index contributed by atoms with van der Waals surface area (Å²) in [4.78, 5) is 15.6. The molecule has 1 aromatic rings. The molecule has 17 heavy (non-hydrogen) atoms. The first-order valence-corrected chi connectivity index (χ1v) is 6.05. The maximum atomic E-state index is 11.4. The van der Waals surface area contributed by atoms with E-state index in [2.05, 4.69) is 31.5 Å². The minimum Gasteiger partial charge on any atom is -0.383 e. The highest BCUT2D eigenvalue weighted by molar-refractivity contribution is 9.10. The lowest BCUT2D eigenvalue weighted by atomic mass is 10.3. The molecule has 1 rings (SSSR count). The van der Waals surface area contributed by atoms with Gasteiger partial charge in [0.1, 0.15) is 5.82 Å². The second-order valence-electron chi connectivity index (χ2n) is 3.49. The third-order valence-electron chi connectivity index (χ3n) is 2.13. The minimum atomic E-state index is -0.0859. The van der Waals surface area contributed by atoms with Crippen LogP contribution < -0.4 is 10.6 Å². The van der Waals surface area contributed by atoms with Gasteiger partial charge in [-0.2, -0.15) is 0 Å². The highest BCUT2D eigenvalue weighted by atomic mass is 79.9. The van der Waals surface area contributed by atoms with E-state index in [9.17, 15) is 4.79 Å². The van der Waals surface area contributed by atoms with Crippen molar-refractivity contribution in [3.05, 3.63) is 22.3 Å². The Morgan fingerprint density at radius 2 is 2.35 bits per heavy atom. The fraction of sp³-hybridized carbons (Fsp3) is 0.455. The van der Waals surface area contributed by atoms with Crippen molar-refractivity contribution in [3.63, 3.8) is 0 Å². The molecule has 0 bridgehead atoms. The average molecular weight is 302 g/mol. The number of hydrogen-bond acceptors (Lipinski definition) is 4. The van der Waals surface area contributed by atoms with E-state index in [1.165, 1.54) is 0 Å². The lowest BCUT2D eigenvalue weighted by molar-refractivity contribution is -0.119. The summed E-state index contributed by atoms with van der Waals surface area (Å²) in [6, 6.07) is 1.90. The van der Waals surface area contributed by atoms with Crippen molar-refractivity contribution in [1.82, 2.24) is 10.3 Å². The van der Waals surface area contributed by atoms with Crippen molar-refractivity contribution in [3.8, 4) is 0 Å². The molecular weight excluding hydrogens is 286 g/mol. The van der Waals surface area contributed by atoms with E-state index in [4.69, 9.17) is 4.74 Å². The molecule has 0 aliphatic heterocycles. The summed E-state index contributed by atoms with van der Waals surface area (Å²) in [6.45, 7) is 3.19. The molecule has 2 N–H and O–H groups in total. The van der Waals surface area contributed by atoms with Crippen LogP contribution in [0.15, 0.2) is 16.7 Å². The summed E-state index contributed by atoms with van der Waals surface area (Å²) in [5, 5.41) is 5.69. The van der Waals surface area contributed by atoms with Gasteiger partial charge in [-0.05, 0) is 34.5 Å². The first-order chi connectivity index (χ1) is 8.15. The van der Waals surface area contributed by atoms with Crippen LogP contribution in [0.5, 0.6) is 0 Å².